The summed E-state index contributed by atoms with van der Waals surface area (Å²) in [6, 6.07) is 0. The van der Waals surface area contributed by atoms with Crippen LogP contribution >= 0.6 is 22.7 Å². The summed E-state index contributed by atoms with van der Waals surface area (Å²) < 4.78 is 9.75. The third-order valence-electron chi connectivity index (χ3n) is 2.16. The first-order chi connectivity index (χ1) is 9.60. The Kier molecular flexibility index (Phi) is 4.80. The molecule has 2 aromatic heterocycles. The van der Waals surface area contributed by atoms with Gasteiger partial charge in [-0.05, 0) is 6.92 Å². The van der Waals surface area contributed by atoms with E-state index in [4.69, 9.17) is 9.47 Å². The monoisotopic (exact) mass is 312 g/mol. The second-order valence-electron chi connectivity index (χ2n) is 3.67. The van der Waals surface area contributed by atoms with E-state index in [1.54, 1.807) is 12.3 Å². The van der Waals surface area contributed by atoms with Crippen molar-refractivity contribution < 1.29 is 19.1 Å². The zero-order chi connectivity index (χ0) is 14.5. The van der Waals surface area contributed by atoms with Crippen molar-refractivity contribution in [1.29, 1.82) is 0 Å². The van der Waals surface area contributed by atoms with E-state index >= 15 is 0 Å². The van der Waals surface area contributed by atoms with Crippen LogP contribution in [0.3, 0.4) is 0 Å². The molecule has 0 aliphatic carbocycles. The van der Waals surface area contributed by atoms with E-state index in [-0.39, 0.29) is 18.3 Å². The molecular weight excluding hydrogens is 300 g/mol. The first kappa shape index (κ1) is 14.6. The van der Waals surface area contributed by atoms with Crippen LogP contribution in [-0.2, 0) is 20.9 Å². The van der Waals surface area contributed by atoms with E-state index in [1.165, 1.54) is 29.6 Å². The molecule has 0 aliphatic rings. The standard InChI is InChI=1S/C12H12N2O4S2/c1-3-17-12(16)9-6-20-11(14-9)8-5-19-10(13-8)4-18-7(2)15/h5-6H,3-4H2,1-2H3. The lowest BCUT2D eigenvalue weighted by molar-refractivity contribution is -0.142. The van der Waals surface area contributed by atoms with Gasteiger partial charge in [0.25, 0.3) is 0 Å². The number of hydrogen-bond acceptors (Lipinski definition) is 8. The van der Waals surface area contributed by atoms with Gasteiger partial charge < -0.3 is 9.47 Å². The van der Waals surface area contributed by atoms with Crippen molar-refractivity contribution in [2.75, 3.05) is 6.61 Å². The molecule has 2 rings (SSSR count). The Balaban J connectivity index is 2.08. The number of carbonyl (C=O) groups is 2. The van der Waals surface area contributed by atoms with E-state index in [0.29, 0.717) is 22.3 Å². The molecular formula is C12H12N2O4S2. The molecule has 0 aliphatic heterocycles. The Morgan fingerprint density at radius 1 is 1.20 bits per heavy atom. The molecule has 0 amide bonds. The van der Waals surface area contributed by atoms with Crippen molar-refractivity contribution >= 4 is 34.6 Å². The maximum atomic E-state index is 11.5. The van der Waals surface area contributed by atoms with Crippen molar-refractivity contribution in [1.82, 2.24) is 9.97 Å². The molecule has 2 aromatic rings. The molecule has 0 aromatic carbocycles. The van der Waals surface area contributed by atoms with Crippen LogP contribution in [0.2, 0.25) is 0 Å². The van der Waals surface area contributed by atoms with Gasteiger partial charge in [-0.1, -0.05) is 0 Å². The van der Waals surface area contributed by atoms with Gasteiger partial charge in [0.15, 0.2) is 5.69 Å². The van der Waals surface area contributed by atoms with Gasteiger partial charge in [0, 0.05) is 17.7 Å². The van der Waals surface area contributed by atoms with E-state index in [9.17, 15) is 9.59 Å². The van der Waals surface area contributed by atoms with Gasteiger partial charge in [-0.3, -0.25) is 4.79 Å². The minimum absolute atomic E-state index is 0.149. The number of ether oxygens (including phenoxy) is 2. The largest absolute Gasteiger partial charge is 0.461 e. The first-order valence-electron chi connectivity index (χ1n) is 5.81. The van der Waals surface area contributed by atoms with Crippen LogP contribution in [0.5, 0.6) is 0 Å². The first-order valence-corrected chi connectivity index (χ1v) is 7.57. The fourth-order valence-corrected chi connectivity index (χ4v) is 2.84. The second kappa shape index (κ2) is 6.58. The maximum absolute atomic E-state index is 11.5. The normalized spacial score (nSPS) is 10.3. The lowest BCUT2D eigenvalue weighted by Crippen LogP contribution is -2.04. The van der Waals surface area contributed by atoms with Gasteiger partial charge in [0.2, 0.25) is 0 Å². The smallest absolute Gasteiger partial charge is 0.357 e. The van der Waals surface area contributed by atoms with Gasteiger partial charge in [0.1, 0.15) is 22.3 Å². The highest BCUT2D eigenvalue weighted by molar-refractivity contribution is 7.14. The molecule has 0 unspecified atom stereocenters. The number of esters is 2. The highest BCUT2D eigenvalue weighted by Crippen LogP contribution is 2.26. The SMILES string of the molecule is CCOC(=O)c1csc(-c2csc(COC(C)=O)n2)n1. The van der Waals surface area contributed by atoms with Crippen LogP contribution in [0.15, 0.2) is 10.8 Å². The number of nitrogens with zero attached hydrogens (tertiary/aromatic N) is 2. The summed E-state index contributed by atoms with van der Waals surface area (Å²) in [5.74, 6) is -0.786. The molecule has 0 N–H and O–H groups in total. The van der Waals surface area contributed by atoms with Crippen LogP contribution < -0.4 is 0 Å². The van der Waals surface area contributed by atoms with Crippen LogP contribution in [0, 0.1) is 0 Å². The molecule has 0 bridgehead atoms. The highest BCUT2D eigenvalue weighted by atomic mass is 32.1. The second-order valence-corrected chi connectivity index (χ2v) is 5.47. The summed E-state index contributed by atoms with van der Waals surface area (Å²) in [6.45, 7) is 3.55. The Bertz CT molecular complexity index is 621. The average Bonchev–Trinajstić information content (AvgIpc) is 3.05. The fraction of sp³-hybridized carbons (Fsp3) is 0.333. The number of hydrogen-bond donors (Lipinski definition) is 0. The summed E-state index contributed by atoms with van der Waals surface area (Å²) in [5.41, 5.74) is 0.944. The zero-order valence-electron chi connectivity index (χ0n) is 10.9. The molecule has 106 valence electrons. The molecule has 0 saturated heterocycles. The van der Waals surface area contributed by atoms with Gasteiger partial charge in [-0.2, -0.15) is 0 Å². The molecule has 0 saturated carbocycles. The van der Waals surface area contributed by atoms with Crippen molar-refractivity contribution in [2.45, 2.75) is 20.5 Å². The lowest BCUT2D eigenvalue weighted by atomic mass is 10.5. The molecule has 6 nitrogen and oxygen atoms in total. The molecule has 2 heterocycles. The summed E-state index contributed by atoms with van der Waals surface area (Å²) in [7, 11) is 0. The zero-order valence-corrected chi connectivity index (χ0v) is 12.5. The summed E-state index contributed by atoms with van der Waals surface area (Å²) in [5, 5.41) is 4.77. The van der Waals surface area contributed by atoms with Crippen LogP contribution in [-0.4, -0.2) is 28.5 Å². The number of thiazole rings is 2. The van der Waals surface area contributed by atoms with Crippen LogP contribution in [0.25, 0.3) is 10.7 Å². The Hall–Kier alpha value is -1.80. The third-order valence-corrected chi connectivity index (χ3v) is 3.85. The quantitative estimate of drug-likeness (QED) is 0.789. The molecule has 0 spiro atoms. The lowest BCUT2D eigenvalue weighted by Gasteiger charge is -1.96. The van der Waals surface area contributed by atoms with Crippen LogP contribution in [0.4, 0.5) is 0 Å². The minimum Gasteiger partial charge on any atom is -0.461 e. The van der Waals surface area contributed by atoms with Crippen molar-refractivity contribution in [3.8, 4) is 10.7 Å². The number of rotatable bonds is 5. The predicted octanol–water partition coefficient (Wildman–Crippen LogP) is 2.51. The van der Waals surface area contributed by atoms with Gasteiger partial charge in [-0.15, -0.1) is 22.7 Å². The Labute approximate surface area is 123 Å². The van der Waals surface area contributed by atoms with Gasteiger partial charge in [0.05, 0.1) is 6.61 Å². The molecule has 0 atom stereocenters. The summed E-state index contributed by atoms with van der Waals surface area (Å²) >= 11 is 2.70. The fourth-order valence-electron chi connectivity index (χ4n) is 1.33. The molecule has 20 heavy (non-hydrogen) atoms. The van der Waals surface area contributed by atoms with E-state index < -0.39 is 5.97 Å². The topological polar surface area (TPSA) is 78.4 Å². The number of aromatic nitrogens is 2. The summed E-state index contributed by atoms with van der Waals surface area (Å²) in [4.78, 5) is 30.7. The van der Waals surface area contributed by atoms with E-state index in [1.807, 2.05) is 5.38 Å². The maximum Gasteiger partial charge on any atom is 0.357 e. The highest BCUT2D eigenvalue weighted by Gasteiger charge is 2.14. The summed E-state index contributed by atoms with van der Waals surface area (Å²) in [6.07, 6.45) is 0. The molecule has 0 radical (unpaired) electrons. The van der Waals surface area contributed by atoms with Crippen molar-refractivity contribution in [3.63, 3.8) is 0 Å². The van der Waals surface area contributed by atoms with E-state index in [0.717, 1.165) is 0 Å². The predicted molar refractivity (Wildman–Crippen MR) is 74.6 cm³/mol. The van der Waals surface area contributed by atoms with Gasteiger partial charge in [-0.25, -0.2) is 14.8 Å². The minimum atomic E-state index is -0.439. The van der Waals surface area contributed by atoms with Gasteiger partial charge >= 0.3 is 11.9 Å². The third kappa shape index (κ3) is 3.61. The molecule has 0 fully saturated rings. The van der Waals surface area contributed by atoms with Crippen molar-refractivity contribution in [2.24, 2.45) is 0 Å². The van der Waals surface area contributed by atoms with Crippen molar-refractivity contribution in [3.05, 3.63) is 21.5 Å². The Morgan fingerprint density at radius 2 is 2.00 bits per heavy atom. The average molecular weight is 312 g/mol. The van der Waals surface area contributed by atoms with E-state index in [2.05, 4.69) is 9.97 Å². The molecule has 8 heteroatoms. The van der Waals surface area contributed by atoms with Crippen LogP contribution in [0.1, 0.15) is 29.3 Å². The Morgan fingerprint density at radius 3 is 2.70 bits per heavy atom. The number of carbonyl (C=O) groups excluding carboxylic acids is 2.